The van der Waals surface area contributed by atoms with E-state index in [1.807, 2.05) is 12.1 Å². The van der Waals surface area contributed by atoms with Crippen LogP contribution < -0.4 is 4.74 Å². The summed E-state index contributed by atoms with van der Waals surface area (Å²) in [6.07, 6.45) is -4.58. The van der Waals surface area contributed by atoms with Crippen molar-refractivity contribution in [2.45, 2.75) is 12.8 Å². The van der Waals surface area contributed by atoms with Crippen molar-refractivity contribution >= 4 is 28.4 Å². The predicted molar refractivity (Wildman–Crippen MR) is 80.3 cm³/mol. The van der Waals surface area contributed by atoms with Gasteiger partial charge in [-0.15, -0.1) is 13.2 Å². The minimum atomic E-state index is -4.71. The third-order valence-corrected chi connectivity index (χ3v) is 3.41. The van der Waals surface area contributed by atoms with Gasteiger partial charge >= 0.3 is 6.36 Å². The fraction of sp³-hybridized carbons (Fsp3) is 0.133. The van der Waals surface area contributed by atoms with Gasteiger partial charge in [-0.05, 0) is 52.4 Å². The number of ketones is 1. The van der Waals surface area contributed by atoms with Crippen LogP contribution in [-0.2, 0) is 6.42 Å². The maximum atomic E-state index is 12.0. The van der Waals surface area contributed by atoms with Crippen LogP contribution in [0.3, 0.4) is 0 Å². The molecular formula is C15H10F3IO2. The van der Waals surface area contributed by atoms with Crippen molar-refractivity contribution in [3.63, 3.8) is 0 Å². The van der Waals surface area contributed by atoms with E-state index in [9.17, 15) is 18.0 Å². The molecule has 0 spiro atoms. The molecule has 110 valence electrons. The first-order valence-corrected chi connectivity index (χ1v) is 7.05. The van der Waals surface area contributed by atoms with Crippen molar-refractivity contribution in [3.05, 3.63) is 63.2 Å². The van der Waals surface area contributed by atoms with Gasteiger partial charge in [-0.2, -0.15) is 0 Å². The number of carbonyl (C=O) groups excluding carboxylic acids is 1. The standard InChI is InChI=1S/C15H10F3IO2/c16-15(17,18)21-13-7-1-10(2-8-13)9-14(20)11-3-5-12(19)6-4-11/h1-8H,9H2. The molecule has 0 N–H and O–H groups in total. The average molecular weight is 406 g/mol. The maximum absolute atomic E-state index is 12.0. The van der Waals surface area contributed by atoms with Gasteiger partial charge in [0.05, 0.1) is 0 Å². The van der Waals surface area contributed by atoms with Crippen molar-refractivity contribution in [1.82, 2.24) is 0 Å². The Labute approximate surface area is 133 Å². The molecular weight excluding hydrogens is 396 g/mol. The van der Waals surface area contributed by atoms with E-state index in [0.717, 1.165) is 3.57 Å². The molecule has 0 heterocycles. The molecule has 0 amide bonds. The van der Waals surface area contributed by atoms with Crippen LogP contribution >= 0.6 is 22.6 Å². The minimum Gasteiger partial charge on any atom is -0.406 e. The van der Waals surface area contributed by atoms with Crippen molar-refractivity contribution in [3.8, 4) is 5.75 Å². The smallest absolute Gasteiger partial charge is 0.406 e. The summed E-state index contributed by atoms with van der Waals surface area (Å²) in [4.78, 5) is 12.0. The topological polar surface area (TPSA) is 26.3 Å². The Morgan fingerprint density at radius 3 is 2.10 bits per heavy atom. The zero-order valence-corrected chi connectivity index (χ0v) is 12.8. The Morgan fingerprint density at radius 1 is 1.00 bits per heavy atom. The molecule has 0 fully saturated rings. The number of carbonyl (C=O) groups is 1. The number of halogens is 4. The van der Waals surface area contributed by atoms with Crippen LogP contribution in [0.15, 0.2) is 48.5 Å². The second kappa shape index (κ2) is 6.46. The molecule has 6 heteroatoms. The summed E-state index contributed by atoms with van der Waals surface area (Å²) in [5.74, 6) is -0.385. The fourth-order valence-corrected chi connectivity index (χ4v) is 2.09. The molecule has 0 radical (unpaired) electrons. The van der Waals surface area contributed by atoms with Gasteiger partial charge in [-0.1, -0.05) is 24.3 Å². The van der Waals surface area contributed by atoms with Crippen LogP contribution in [0.5, 0.6) is 5.75 Å². The van der Waals surface area contributed by atoms with Gasteiger partial charge in [0.2, 0.25) is 0 Å². The molecule has 0 unspecified atom stereocenters. The lowest BCUT2D eigenvalue weighted by Gasteiger charge is -2.09. The van der Waals surface area contributed by atoms with E-state index >= 15 is 0 Å². The van der Waals surface area contributed by atoms with Gasteiger partial charge in [0.15, 0.2) is 5.78 Å². The third-order valence-electron chi connectivity index (χ3n) is 2.69. The van der Waals surface area contributed by atoms with Crippen LogP contribution in [0, 0.1) is 3.57 Å². The lowest BCUT2D eigenvalue weighted by molar-refractivity contribution is -0.274. The van der Waals surface area contributed by atoms with Gasteiger partial charge in [0, 0.05) is 15.6 Å². The molecule has 2 aromatic rings. The molecule has 2 aromatic carbocycles. The van der Waals surface area contributed by atoms with E-state index in [1.165, 1.54) is 24.3 Å². The summed E-state index contributed by atoms with van der Waals surface area (Å²) >= 11 is 2.14. The van der Waals surface area contributed by atoms with E-state index < -0.39 is 6.36 Å². The number of benzene rings is 2. The van der Waals surface area contributed by atoms with Crippen molar-refractivity contribution < 1.29 is 22.7 Å². The van der Waals surface area contributed by atoms with Crippen LogP contribution in [0.4, 0.5) is 13.2 Å². The molecule has 0 bridgehead atoms. The highest BCUT2D eigenvalue weighted by Gasteiger charge is 2.30. The number of rotatable bonds is 4. The largest absolute Gasteiger partial charge is 0.573 e. The number of hydrogen-bond acceptors (Lipinski definition) is 2. The summed E-state index contributed by atoms with van der Waals surface area (Å²) in [7, 11) is 0. The Balaban J connectivity index is 2.03. The van der Waals surface area contributed by atoms with E-state index in [2.05, 4.69) is 27.3 Å². The first-order valence-electron chi connectivity index (χ1n) is 5.97. The molecule has 21 heavy (non-hydrogen) atoms. The summed E-state index contributed by atoms with van der Waals surface area (Å²) in [6.45, 7) is 0. The van der Waals surface area contributed by atoms with E-state index in [1.54, 1.807) is 12.1 Å². The molecule has 0 aliphatic rings. The van der Waals surface area contributed by atoms with Crippen molar-refractivity contribution in [2.75, 3.05) is 0 Å². The average Bonchev–Trinajstić information content (AvgIpc) is 2.40. The molecule has 0 aliphatic carbocycles. The van der Waals surface area contributed by atoms with E-state index in [0.29, 0.717) is 11.1 Å². The lowest BCUT2D eigenvalue weighted by Crippen LogP contribution is -2.17. The second-order valence-corrected chi connectivity index (χ2v) is 5.54. The van der Waals surface area contributed by atoms with Gasteiger partial charge < -0.3 is 4.74 Å². The summed E-state index contributed by atoms with van der Waals surface area (Å²) in [5, 5.41) is 0. The van der Waals surface area contributed by atoms with Crippen LogP contribution in [-0.4, -0.2) is 12.1 Å². The van der Waals surface area contributed by atoms with Gasteiger partial charge in [-0.3, -0.25) is 4.79 Å². The molecule has 0 aromatic heterocycles. The number of hydrogen-bond donors (Lipinski definition) is 0. The van der Waals surface area contributed by atoms with Crippen LogP contribution in [0.25, 0.3) is 0 Å². The Morgan fingerprint density at radius 2 is 1.57 bits per heavy atom. The third kappa shape index (κ3) is 5.04. The van der Waals surface area contributed by atoms with Crippen molar-refractivity contribution in [2.24, 2.45) is 0 Å². The second-order valence-electron chi connectivity index (χ2n) is 4.30. The Hall–Kier alpha value is -1.57. The summed E-state index contributed by atoms with van der Waals surface area (Å²) in [5.41, 5.74) is 1.21. The van der Waals surface area contributed by atoms with E-state index in [4.69, 9.17) is 0 Å². The zero-order valence-electron chi connectivity index (χ0n) is 10.7. The summed E-state index contributed by atoms with van der Waals surface area (Å²) < 4.78 is 40.9. The first kappa shape index (κ1) is 15.8. The molecule has 2 rings (SSSR count). The monoisotopic (exact) mass is 406 g/mol. The van der Waals surface area contributed by atoms with Crippen LogP contribution in [0.1, 0.15) is 15.9 Å². The molecule has 0 aliphatic heterocycles. The highest BCUT2D eigenvalue weighted by Crippen LogP contribution is 2.23. The minimum absolute atomic E-state index is 0.0871. The molecule has 0 atom stereocenters. The normalized spacial score (nSPS) is 11.2. The maximum Gasteiger partial charge on any atom is 0.573 e. The first-order chi connectivity index (χ1) is 9.83. The summed E-state index contributed by atoms with van der Waals surface area (Å²) in [6, 6.07) is 12.4. The molecule has 2 nitrogen and oxygen atoms in total. The zero-order chi connectivity index (χ0) is 15.5. The van der Waals surface area contributed by atoms with Gasteiger partial charge in [0.1, 0.15) is 5.75 Å². The van der Waals surface area contributed by atoms with Crippen molar-refractivity contribution in [1.29, 1.82) is 0 Å². The number of Topliss-reactive ketones (excluding diaryl/α,β-unsaturated/α-hetero) is 1. The SMILES string of the molecule is O=C(Cc1ccc(OC(F)(F)F)cc1)c1ccc(I)cc1. The van der Waals surface area contributed by atoms with Gasteiger partial charge in [0.25, 0.3) is 0 Å². The van der Waals surface area contributed by atoms with Crippen LogP contribution in [0.2, 0.25) is 0 Å². The molecule has 0 saturated carbocycles. The Kier molecular flexibility index (Phi) is 4.87. The Bertz CT molecular complexity index is 619. The molecule has 0 saturated heterocycles. The van der Waals surface area contributed by atoms with E-state index in [-0.39, 0.29) is 18.0 Å². The predicted octanol–water partition coefficient (Wildman–Crippen LogP) is 4.62. The highest BCUT2D eigenvalue weighted by atomic mass is 127. The number of alkyl halides is 3. The number of ether oxygens (including phenoxy) is 1. The fourth-order valence-electron chi connectivity index (χ4n) is 1.73. The highest BCUT2D eigenvalue weighted by molar-refractivity contribution is 14.1. The lowest BCUT2D eigenvalue weighted by atomic mass is 10.0. The quantitative estimate of drug-likeness (QED) is 0.548. The van der Waals surface area contributed by atoms with Gasteiger partial charge in [-0.25, -0.2) is 0 Å².